The van der Waals surface area contributed by atoms with Gasteiger partial charge in [0.2, 0.25) is 5.91 Å². The molecular formula is C13H16F2N2OS. The summed E-state index contributed by atoms with van der Waals surface area (Å²) in [6.45, 7) is 2.56. The van der Waals surface area contributed by atoms with Crippen molar-refractivity contribution in [3.63, 3.8) is 0 Å². The minimum Gasteiger partial charge on any atom is -0.348 e. The number of rotatable bonds is 3. The van der Waals surface area contributed by atoms with E-state index >= 15 is 0 Å². The van der Waals surface area contributed by atoms with Crippen molar-refractivity contribution in [2.75, 3.05) is 18.1 Å². The van der Waals surface area contributed by atoms with Crippen molar-refractivity contribution < 1.29 is 13.6 Å². The summed E-state index contributed by atoms with van der Waals surface area (Å²) in [6, 6.07) is 3.10. The van der Waals surface area contributed by atoms with E-state index in [0.717, 1.165) is 30.2 Å². The van der Waals surface area contributed by atoms with Crippen molar-refractivity contribution in [3.05, 3.63) is 35.4 Å². The molecule has 0 bridgehead atoms. The molecule has 2 unspecified atom stereocenters. The van der Waals surface area contributed by atoms with Gasteiger partial charge in [0, 0.05) is 18.1 Å². The molecule has 0 aliphatic carbocycles. The van der Waals surface area contributed by atoms with Gasteiger partial charge in [0.1, 0.15) is 0 Å². The van der Waals surface area contributed by atoms with Crippen LogP contribution in [0.3, 0.4) is 0 Å². The molecule has 1 heterocycles. The van der Waals surface area contributed by atoms with Crippen LogP contribution in [0.1, 0.15) is 18.5 Å². The molecule has 6 heteroatoms. The van der Waals surface area contributed by atoms with Gasteiger partial charge in [-0.2, -0.15) is 11.8 Å². The number of nitrogens with one attached hydrogen (secondary N) is 2. The Bertz CT molecular complexity index is 464. The fourth-order valence-corrected chi connectivity index (χ4v) is 2.85. The zero-order valence-corrected chi connectivity index (χ0v) is 11.4. The van der Waals surface area contributed by atoms with E-state index in [1.54, 1.807) is 18.7 Å². The molecule has 2 N–H and O–H groups in total. The summed E-state index contributed by atoms with van der Waals surface area (Å²) in [5, 5.41) is 5.94. The molecule has 2 rings (SSSR count). The molecule has 1 aliphatic rings. The second kappa shape index (κ2) is 6.34. The lowest BCUT2D eigenvalue weighted by atomic mass is 10.1. The second-order valence-corrected chi connectivity index (χ2v) is 5.64. The van der Waals surface area contributed by atoms with Gasteiger partial charge in [-0.05, 0) is 24.6 Å². The predicted octanol–water partition coefficient (Wildman–Crippen LogP) is 1.85. The molecule has 104 valence electrons. The second-order valence-electron chi connectivity index (χ2n) is 4.49. The third kappa shape index (κ3) is 3.67. The topological polar surface area (TPSA) is 41.1 Å². The van der Waals surface area contributed by atoms with E-state index < -0.39 is 11.6 Å². The number of halogens is 2. The summed E-state index contributed by atoms with van der Waals surface area (Å²) in [5.74, 6) is -0.152. The molecule has 0 saturated carbocycles. The smallest absolute Gasteiger partial charge is 0.238 e. The number of thioether (sulfide) groups is 1. The first kappa shape index (κ1) is 14.3. The number of hydrogen-bond donors (Lipinski definition) is 2. The SMILES string of the molecule is CC(NC(=O)C1CSCCN1)c1ccc(F)c(F)c1. The summed E-state index contributed by atoms with van der Waals surface area (Å²) in [7, 11) is 0. The summed E-state index contributed by atoms with van der Waals surface area (Å²) in [4.78, 5) is 12.0. The number of amides is 1. The molecule has 19 heavy (non-hydrogen) atoms. The van der Waals surface area contributed by atoms with Crippen LogP contribution < -0.4 is 10.6 Å². The molecule has 3 nitrogen and oxygen atoms in total. The maximum atomic E-state index is 13.1. The minimum atomic E-state index is -0.898. The Kier molecular flexibility index (Phi) is 4.76. The molecular weight excluding hydrogens is 270 g/mol. The Morgan fingerprint density at radius 1 is 1.47 bits per heavy atom. The third-order valence-corrected chi connectivity index (χ3v) is 4.10. The summed E-state index contributed by atoms with van der Waals surface area (Å²) >= 11 is 1.73. The summed E-state index contributed by atoms with van der Waals surface area (Å²) in [6.07, 6.45) is 0. The molecule has 1 aromatic rings. The summed E-state index contributed by atoms with van der Waals surface area (Å²) < 4.78 is 26.0. The van der Waals surface area contributed by atoms with Crippen LogP contribution in [-0.2, 0) is 4.79 Å². The Hall–Kier alpha value is -1.14. The van der Waals surface area contributed by atoms with Gasteiger partial charge in [0.05, 0.1) is 12.1 Å². The molecule has 1 fully saturated rings. The maximum absolute atomic E-state index is 13.1. The predicted molar refractivity (Wildman–Crippen MR) is 72.0 cm³/mol. The molecule has 2 atom stereocenters. The van der Waals surface area contributed by atoms with E-state index in [1.165, 1.54) is 6.07 Å². The third-order valence-electron chi connectivity index (χ3n) is 3.04. The molecule has 1 amide bonds. The van der Waals surface area contributed by atoms with Crippen molar-refractivity contribution in [3.8, 4) is 0 Å². The van der Waals surface area contributed by atoms with Crippen molar-refractivity contribution in [2.45, 2.75) is 19.0 Å². The average molecular weight is 286 g/mol. The Labute approximate surface area is 115 Å². The number of hydrogen-bond acceptors (Lipinski definition) is 3. The first-order chi connectivity index (χ1) is 9.08. The Morgan fingerprint density at radius 3 is 2.89 bits per heavy atom. The maximum Gasteiger partial charge on any atom is 0.238 e. The van der Waals surface area contributed by atoms with Gasteiger partial charge >= 0.3 is 0 Å². The Balaban J connectivity index is 1.97. The highest BCUT2D eigenvalue weighted by Gasteiger charge is 2.22. The van der Waals surface area contributed by atoms with E-state index in [9.17, 15) is 13.6 Å². The molecule has 1 saturated heterocycles. The molecule has 0 spiro atoms. The first-order valence-corrected chi connectivity index (χ1v) is 7.30. The van der Waals surface area contributed by atoms with Crippen LogP contribution in [0.4, 0.5) is 8.78 Å². The molecule has 0 radical (unpaired) electrons. The average Bonchev–Trinajstić information content (AvgIpc) is 2.42. The van der Waals surface area contributed by atoms with Gasteiger partial charge in [-0.25, -0.2) is 8.78 Å². The molecule has 0 aromatic heterocycles. The quantitative estimate of drug-likeness (QED) is 0.891. The van der Waals surface area contributed by atoms with Gasteiger partial charge in [0.15, 0.2) is 11.6 Å². The van der Waals surface area contributed by atoms with Crippen LogP contribution in [0.25, 0.3) is 0 Å². The van der Waals surface area contributed by atoms with Crippen molar-refractivity contribution >= 4 is 17.7 Å². The monoisotopic (exact) mass is 286 g/mol. The van der Waals surface area contributed by atoms with E-state index in [1.807, 2.05) is 0 Å². The lowest BCUT2D eigenvalue weighted by molar-refractivity contribution is -0.123. The lowest BCUT2D eigenvalue weighted by Gasteiger charge is -2.24. The van der Waals surface area contributed by atoms with E-state index in [-0.39, 0.29) is 18.0 Å². The van der Waals surface area contributed by atoms with Crippen molar-refractivity contribution in [2.24, 2.45) is 0 Å². The number of carbonyl (C=O) groups is 1. The van der Waals surface area contributed by atoms with Gasteiger partial charge in [-0.1, -0.05) is 6.07 Å². The van der Waals surface area contributed by atoms with Crippen molar-refractivity contribution in [1.82, 2.24) is 10.6 Å². The standard InChI is InChI=1S/C13H16F2N2OS/c1-8(9-2-3-10(14)11(15)6-9)17-13(18)12-7-19-5-4-16-12/h2-3,6,8,12,16H,4-5,7H2,1H3,(H,17,18). The minimum absolute atomic E-state index is 0.107. The van der Waals surface area contributed by atoms with Crippen LogP contribution in [0.5, 0.6) is 0 Å². The highest BCUT2D eigenvalue weighted by molar-refractivity contribution is 7.99. The van der Waals surface area contributed by atoms with E-state index in [0.29, 0.717) is 5.56 Å². The largest absolute Gasteiger partial charge is 0.348 e. The number of benzene rings is 1. The molecule has 1 aliphatic heterocycles. The number of carbonyl (C=O) groups excluding carboxylic acids is 1. The molecule has 1 aromatic carbocycles. The fourth-order valence-electron chi connectivity index (χ4n) is 1.91. The zero-order valence-electron chi connectivity index (χ0n) is 10.6. The fraction of sp³-hybridized carbons (Fsp3) is 0.462. The van der Waals surface area contributed by atoms with Gasteiger partial charge in [0.25, 0.3) is 0 Å². The van der Waals surface area contributed by atoms with Gasteiger partial charge in [-0.3, -0.25) is 4.79 Å². The van der Waals surface area contributed by atoms with Crippen LogP contribution in [-0.4, -0.2) is 30.0 Å². The van der Waals surface area contributed by atoms with E-state index in [4.69, 9.17) is 0 Å². The lowest BCUT2D eigenvalue weighted by Crippen LogP contribution is -2.49. The van der Waals surface area contributed by atoms with Crippen LogP contribution in [0, 0.1) is 11.6 Å². The summed E-state index contributed by atoms with van der Waals surface area (Å²) in [5.41, 5.74) is 0.552. The highest BCUT2D eigenvalue weighted by Crippen LogP contribution is 2.16. The highest BCUT2D eigenvalue weighted by atomic mass is 32.2. The van der Waals surface area contributed by atoms with Gasteiger partial charge in [-0.15, -0.1) is 0 Å². The van der Waals surface area contributed by atoms with Crippen LogP contribution in [0.2, 0.25) is 0 Å². The first-order valence-electron chi connectivity index (χ1n) is 6.14. The van der Waals surface area contributed by atoms with Crippen LogP contribution in [0.15, 0.2) is 18.2 Å². The normalized spacial score (nSPS) is 20.9. The van der Waals surface area contributed by atoms with Crippen LogP contribution >= 0.6 is 11.8 Å². The van der Waals surface area contributed by atoms with Gasteiger partial charge < -0.3 is 10.6 Å². The zero-order chi connectivity index (χ0) is 13.8. The van der Waals surface area contributed by atoms with Crippen molar-refractivity contribution in [1.29, 1.82) is 0 Å². The van der Waals surface area contributed by atoms with E-state index in [2.05, 4.69) is 10.6 Å². The Morgan fingerprint density at radius 2 is 2.26 bits per heavy atom.